The van der Waals surface area contributed by atoms with Crippen LogP contribution in [-0.2, 0) is 6.18 Å². The molecule has 0 aliphatic heterocycles. The second-order valence-electron chi connectivity index (χ2n) is 6.34. The Bertz CT molecular complexity index is 525. The summed E-state index contributed by atoms with van der Waals surface area (Å²) >= 11 is 0. The zero-order chi connectivity index (χ0) is 15.2. The van der Waals surface area contributed by atoms with Crippen molar-refractivity contribution < 1.29 is 17.6 Å². The van der Waals surface area contributed by atoms with Crippen LogP contribution in [0.1, 0.15) is 42.9 Å². The second kappa shape index (κ2) is 5.27. The molecule has 1 N–H and O–H groups in total. The van der Waals surface area contributed by atoms with E-state index in [1.807, 2.05) is 0 Å². The molecule has 3 rings (SSSR count). The van der Waals surface area contributed by atoms with Crippen molar-refractivity contribution in [1.29, 1.82) is 0 Å². The molecule has 0 heterocycles. The Morgan fingerprint density at radius 3 is 2.48 bits per heavy atom. The predicted molar refractivity (Wildman–Crippen MR) is 72.1 cm³/mol. The summed E-state index contributed by atoms with van der Waals surface area (Å²) in [6, 6.07) is 3.28. The van der Waals surface area contributed by atoms with Crippen molar-refractivity contribution in [1.82, 2.24) is 5.32 Å². The van der Waals surface area contributed by atoms with Gasteiger partial charge in [-0.1, -0.05) is 12.5 Å². The Morgan fingerprint density at radius 2 is 1.95 bits per heavy atom. The van der Waals surface area contributed by atoms with Crippen LogP contribution in [0.15, 0.2) is 18.2 Å². The quantitative estimate of drug-likeness (QED) is 0.808. The molecular formula is C16H19F4N. The van der Waals surface area contributed by atoms with E-state index in [1.165, 1.54) is 25.3 Å². The third kappa shape index (κ3) is 2.68. The molecule has 0 amide bonds. The van der Waals surface area contributed by atoms with Crippen LogP contribution in [0.3, 0.4) is 0 Å². The molecule has 0 saturated heterocycles. The number of alkyl halides is 3. The van der Waals surface area contributed by atoms with Gasteiger partial charge in [-0.15, -0.1) is 0 Å². The summed E-state index contributed by atoms with van der Waals surface area (Å²) in [6.07, 6.45) is 0.0216. The van der Waals surface area contributed by atoms with Gasteiger partial charge in [0.1, 0.15) is 5.82 Å². The Morgan fingerprint density at radius 1 is 1.19 bits per heavy atom. The lowest BCUT2D eigenvalue weighted by Crippen LogP contribution is -2.29. The summed E-state index contributed by atoms with van der Waals surface area (Å²) < 4.78 is 52.0. The fraction of sp³-hybridized carbons (Fsp3) is 0.625. The second-order valence-corrected chi connectivity index (χ2v) is 6.34. The van der Waals surface area contributed by atoms with Gasteiger partial charge < -0.3 is 5.32 Å². The zero-order valence-corrected chi connectivity index (χ0v) is 11.9. The first-order valence-electron chi connectivity index (χ1n) is 7.44. The normalized spacial score (nSPS) is 29.9. The number of halogens is 4. The number of fused-ring (bicyclic) bond motifs is 2. The lowest BCUT2D eigenvalue weighted by atomic mass is 9.80. The van der Waals surface area contributed by atoms with E-state index in [4.69, 9.17) is 0 Å². The first kappa shape index (κ1) is 14.8. The van der Waals surface area contributed by atoms with E-state index in [2.05, 4.69) is 5.32 Å². The minimum Gasteiger partial charge on any atom is -0.313 e. The van der Waals surface area contributed by atoms with Crippen LogP contribution in [0, 0.1) is 23.6 Å². The van der Waals surface area contributed by atoms with Crippen LogP contribution < -0.4 is 5.32 Å². The molecule has 5 heteroatoms. The maximum absolute atomic E-state index is 13.4. The molecule has 21 heavy (non-hydrogen) atoms. The van der Waals surface area contributed by atoms with Crippen LogP contribution in [0.25, 0.3) is 0 Å². The highest BCUT2D eigenvalue weighted by atomic mass is 19.4. The van der Waals surface area contributed by atoms with Crippen LogP contribution >= 0.6 is 0 Å². The van der Waals surface area contributed by atoms with E-state index in [0.29, 0.717) is 17.4 Å². The van der Waals surface area contributed by atoms with Gasteiger partial charge in [0.15, 0.2) is 0 Å². The summed E-state index contributed by atoms with van der Waals surface area (Å²) in [5.74, 6) is 0.472. The summed E-state index contributed by atoms with van der Waals surface area (Å²) in [5.41, 5.74) is -0.618. The molecular weight excluding hydrogens is 282 g/mol. The van der Waals surface area contributed by atoms with Gasteiger partial charge in [0, 0.05) is 6.04 Å². The highest BCUT2D eigenvalue weighted by Crippen LogP contribution is 2.52. The van der Waals surface area contributed by atoms with E-state index in [-0.39, 0.29) is 6.04 Å². The Balaban J connectivity index is 1.91. The third-order valence-corrected chi connectivity index (χ3v) is 5.19. The number of benzene rings is 1. The molecule has 0 spiro atoms. The molecule has 4 unspecified atom stereocenters. The van der Waals surface area contributed by atoms with E-state index < -0.39 is 17.6 Å². The fourth-order valence-corrected chi connectivity index (χ4v) is 4.28. The molecule has 1 nitrogen and oxygen atoms in total. The van der Waals surface area contributed by atoms with E-state index in [0.717, 1.165) is 24.5 Å². The third-order valence-electron chi connectivity index (χ3n) is 5.19. The zero-order valence-electron chi connectivity index (χ0n) is 11.9. The van der Waals surface area contributed by atoms with Crippen molar-refractivity contribution in [2.75, 3.05) is 7.05 Å². The van der Waals surface area contributed by atoms with Crippen LogP contribution in [0.2, 0.25) is 0 Å². The van der Waals surface area contributed by atoms with Crippen molar-refractivity contribution >= 4 is 0 Å². The van der Waals surface area contributed by atoms with Gasteiger partial charge in [0.05, 0.1) is 5.56 Å². The standard InChI is InChI=1S/C16H19F4N/c1-21-15(12-7-9-2-3-10(12)6-9)11-4-5-14(17)13(8-11)16(18,19)20/h4-5,8-10,12,15,21H,2-3,6-7H2,1H3. The Labute approximate surface area is 121 Å². The fourth-order valence-electron chi connectivity index (χ4n) is 4.28. The van der Waals surface area contributed by atoms with Crippen LogP contribution in [0.5, 0.6) is 0 Å². The van der Waals surface area contributed by atoms with Crippen molar-refractivity contribution in [3.05, 3.63) is 35.1 Å². The number of rotatable bonds is 3. The van der Waals surface area contributed by atoms with Crippen molar-refractivity contribution in [3.63, 3.8) is 0 Å². The molecule has 2 saturated carbocycles. The minimum absolute atomic E-state index is 0.123. The van der Waals surface area contributed by atoms with Crippen molar-refractivity contribution in [2.24, 2.45) is 17.8 Å². The molecule has 4 atom stereocenters. The SMILES string of the molecule is CNC(c1ccc(F)c(C(F)(F)F)c1)C1CC2CCC1C2. The van der Waals surface area contributed by atoms with E-state index in [1.54, 1.807) is 7.05 Å². The summed E-state index contributed by atoms with van der Waals surface area (Å²) in [6.45, 7) is 0. The Kier molecular flexibility index (Phi) is 3.72. The van der Waals surface area contributed by atoms with Gasteiger partial charge in [-0.05, 0) is 61.8 Å². The topological polar surface area (TPSA) is 12.0 Å². The molecule has 0 aromatic heterocycles. The number of hydrogen-bond acceptors (Lipinski definition) is 1. The summed E-state index contributed by atoms with van der Waals surface area (Å²) in [4.78, 5) is 0. The molecule has 2 aliphatic rings. The smallest absolute Gasteiger partial charge is 0.313 e. The molecule has 1 aromatic carbocycles. The van der Waals surface area contributed by atoms with E-state index in [9.17, 15) is 17.6 Å². The number of hydrogen-bond donors (Lipinski definition) is 1. The van der Waals surface area contributed by atoms with Crippen LogP contribution in [0.4, 0.5) is 17.6 Å². The molecule has 2 aliphatic carbocycles. The molecule has 2 fully saturated rings. The average molecular weight is 301 g/mol. The summed E-state index contributed by atoms with van der Waals surface area (Å²) in [5, 5.41) is 3.15. The van der Waals surface area contributed by atoms with Crippen LogP contribution in [-0.4, -0.2) is 7.05 Å². The molecule has 1 aromatic rings. The highest BCUT2D eigenvalue weighted by Gasteiger charge is 2.43. The van der Waals surface area contributed by atoms with Crippen molar-refractivity contribution in [3.8, 4) is 0 Å². The Hall–Kier alpha value is -1.10. The molecule has 0 radical (unpaired) electrons. The van der Waals surface area contributed by atoms with Gasteiger partial charge in [-0.25, -0.2) is 4.39 Å². The molecule has 116 valence electrons. The maximum Gasteiger partial charge on any atom is 0.419 e. The van der Waals surface area contributed by atoms with Gasteiger partial charge in [-0.3, -0.25) is 0 Å². The first-order valence-corrected chi connectivity index (χ1v) is 7.44. The number of nitrogens with one attached hydrogen (secondary N) is 1. The van der Waals surface area contributed by atoms with Gasteiger partial charge in [0.2, 0.25) is 0 Å². The average Bonchev–Trinajstić information content (AvgIpc) is 3.03. The highest BCUT2D eigenvalue weighted by molar-refractivity contribution is 5.30. The first-order chi connectivity index (χ1) is 9.90. The largest absolute Gasteiger partial charge is 0.419 e. The predicted octanol–water partition coefficient (Wildman–Crippen LogP) is 4.54. The lowest BCUT2D eigenvalue weighted by molar-refractivity contribution is -0.140. The minimum atomic E-state index is -4.65. The van der Waals surface area contributed by atoms with Gasteiger partial charge in [-0.2, -0.15) is 13.2 Å². The lowest BCUT2D eigenvalue weighted by Gasteiger charge is -2.31. The van der Waals surface area contributed by atoms with E-state index >= 15 is 0 Å². The monoisotopic (exact) mass is 301 g/mol. The summed E-state index contributed by atoms with van der Waals surface area (Å²) in [7, 11) is 1.77. The molecule has 2 bridgehead atoms. The maximum atomic E-state index is 13.4. The van der Waals surface area contributed by atoms with Gasteiger partial charge in [0.25, 0.3) is 0 Å². The van der Waals surface area contributed by atoms with Crippen molar-refractivity contribution in [2.45, 2.75) is 37.9 Å². The van der Waals surface area contributed by atoms with Gasteiger partial charge >= 0.3 is 6.18 Å².